The van der Waals surface area contributed by atoms with Crippen molar-refractivity contribution in [3.63, 3.8) is 0 Å². The molecule has 7 nitrogen and oxygen atoms in total. The zero-order valence-electron chi connectivity index (χ0n) is 13.8. The molecule has 0 aliphatic carbocycles. The highest BCUT2D eigenvalue weighted by Gasteiger charge is 2.29. The number of benzene rings is 1. The number of methoxy groups -OCH3 is 1. The predicted octanol–water partition coefficient (Wildman–Crippen LogP) is 1.09. The molecule has 2 N–H and O–H groups in total. The van der Waals surface area contributed by atoms with Gasteiger partial charge in [0.2, 0.25) is 5.78 Å². The normalized spacial score (nSPS) is 11.3. The van der Waals surface area contributed by atoms with Crippen LogP contribution in [0.15, 0.2) is 35.6 Å². The molecule has 0 fully saturated rings. The Hall–Kier alpha value is -2.96. The van der Waals surface area contributed by atoms with Crippen LogP contribution in [0.25, 0.3) is 0 Å². The number of esters is 1. The van der Waals surface area contributed by atoms with Crippen molar-refractivity contribution in [2.24, 2.45) is 5.73 Å². The van der Waals surface area contributed by atoms with E-state index in [0.29, 0.717) is 5.56 Å². The Kier molecular flexibility index (Phi) is 6.85. The van der Waals surface area contributed by atoms with Crippen molar-refractivity contribution >= 4 is 23.4 Å². The molecule has 1 aromatic rings. The molecule has 1 rings (SSSR count). The first-order chi connectivity index (χ1) is 11.3. The van der Waals surface area contributed by atoms with E-state index in [1.165, 1.54) is 6.92 Å². The van der Waals surface area contributed by atoms with Gasteiger partial charge in [-0.2, -0.15) is 0 Å². The van der Waals surface area contributed by atoms with E-state index >= 15 is 0 Å². The number of amides is 1. The van der Waals surface area contributed by atoms with Gasteiger partial charge in [0.05, 0.1) is 20.1 Å². The summed E-state index contributed by atoms with van der Waals surface area (Å²) in [4.78, 5) is 47.6. The lowest BCUT2D eigenvalue weighted by Gasteiger charge is -2.10. The Morgan fingerprint density at radius 1 is 1.08 bits per heavy atom. The first-order valence-electron chi connectivity index (χ1n) is 7.20. The molecule has 0 spiro atoms. The number of Topliss-reactive ketones (excluding diaryl/α,β-unsaturated/α-hetero) is 2. The van der Waals surface area contributed by atoms with Gasteiger partial charge in [0.25, 0.3) is 5.91 Å². The predicted molar refractivity (Wildman–Crippen MR) is 85.0 cm³/mol. The van der Waals surface area contributed by atoms with Crippen LogP contribution in [-0.2, 0) is 23.9 Å². The van der Waals surface area contributed by atoms with Gasteiger partial charge in [0.15, 0.2) is 17.1 Å². The van der Waals surface area contributed by atoms with E-state index in [1.54, 1.807) is 24.3 Å². The van der Waals surface area contributed by atoms with Crippen LogP contribution >= 0.6 is 0 Å². The third-order valence-electron chi connectivity index (χ3n) is 3.11. The second-order valence-electron chi connectivity index (χ2n) is 4.88. The molecule has 7 heteroatoms. The van der Waals surface area contributed by atoms with Gasteiger partial charge in [-0.1, -0.05) is 29.8 Å². The van der Waals surface area contributed by atoms with Crippen LogP contribution in [0.5, 0.6) is 0 Å². The molecular weight excluding hydrogens is 314 g/mol. The number of ether oxygens (including phenoxy) is 2. The van der Waals surface area contributed by atoms with Crippen LogP contribution < -0.4 is 5.73 Å². The minimum Gasteiger partial charge on any atom is -0.492 e. The number of hydrogen-bond acceptors (Lipinski definition) is 6. The van der Waals surface area contributed by atoms with Crippen molar-refractivity contribution < 1.29 is 28.7 Å². The lowest BCUT2D eigenvalue weighted by atomic mass is 10.0. The van der Waals surface area contributed by atoms with Crippen molar-refractivity contribution in [2.75, 3.05) is 13.7 Å². The molecule has 0 saturated heterocycles. The second kappa shape index (κ2) is 8.61. The maximum Gasteiger partial charge on any atom is 0.347 e. The molecule has 0 aliphatic heterocycles. The number of carbonyl (C=O) groups is 4. The van der Waals surface area contributed by atoms with Crippen molar-refractivity contribution in [1.82, 2.24) is 0 Å². The number of carbonyl (C=O) groups excluding carboxylic acids is 4. The summed E-state index contributed by atoms with van der Waals surface area (Å²) in [5.74, 6) is -4.12. The monoisotopic (exact) mass is 333 g/mol. The largest absolute Gasteiger partial charge is 0.492 e. The Labute approximate surface area is 139 Å². The molecule has 128 valence electrons. The third-order valence-corrected chi connectivity index (χ3v) is 3.11. The average molecular weight is 333 g/mol. The van der Waals surface area contributed by atoms with Crippen LogP contribution in [0.3, 0.4) is 0 Å². The fourth-order valence-corrected chi connectivity index (χ4v) is 1.93. The molecular formula is C17H19NO6. The summed E-state index contributed by atoms with van der Waals surface area (Å²) >= 11 is 0. The van der Waals surface area contributed by atoms with Gasteiger partial charge >= 0.3 is 5.97 Å². The maximum absolute atomic E-state index is 12.3. The van der Waals surface area contributed by atoms with Gasteiger partial charge in [-0.3, -0.25) is 14.4 Å². The van der Waals surface area contributed by atoms with E-state index in [2.05, 4.69) is 4.74 Å². The van der Waals surface area contributed by atoms with Gasteiger partial charge < -0.3 is 15.2 Å². The lowest BCUT2D eigenvalue weighted by Crippen LogP contribution is -2.27. The standard InChI is InChI=1S/C17H19NO6/c1-4-24-17(22)14(16(18)21)15(23-3)13(20)9-12(19)11-7-5-10(2)6-8-11/h5-8H,4,9H2,1-3H3,(H2,18,21). The Morgan fingerprint density at radius 3 is 2.12 bits per heavy atom. The Bertz CT molecular complexity index is 688. The number of aryl methyl sites for hydroxylation is 1. The summed E-state index contributed by atoms with van der Waals surface area (Å²) in [6.07, 6.45) is -0.567. The van der Waals surface area contributed by atoms with E-state index < -0.39 is 41.2 Å². The summed E-state index contributed by atoms with van der Waals surface area (Å²) in [7, 11) is 1.10. The van der Waals surface area contributed by atoms with Crippen LogP contribution in [0.4, 0.5) is 0 Å². The highest BCUT2D eigenvalue weighted by atomic mass is 16.5. The maximum atomic E-state index is 12.3. The van der Waals surface area contributed by atoms with Crippen LogP contribution in [0.2, 0.25) is 0 Å². The topological polar surface area (TPSA) is 113 Å². The number of rotatable bonds is 8. The van der Waals surface area contributed by atoms with Gasteiger partial charge in [0.1, 0.15) is 0 Å². The summed E-state index contributed by atoms with van der Waals surface area (Å²) in [5.41, 5.74) is 5.72. The summed E-state index contributed by atoms with van der Waals surface area (Å²) in [5, 5.41) is 0. The third kappa shape index (κ3) is 4.77. The van der Waals surface area contributed by atoms with Crippen LogP contribution in [0.1, 0.15) is 29.3 Å². The van der Waals surface area contributed by atoms with Crippen molar-refractivity contribution in [2.45, 2.75) is 20.3 Å². The summed E-state index contributed by atoms with van der Waals surface area (Å²) in [6.45, 7) is 3.39. The van der Waals surface area contributed by atoms with Crippen molar-refractivity contribution in [3.8, 4) is 0 Å². The molecule has 0 unspecified atom stereocenters. The minimum atomic E-state index is -1.17. The number of ketones is 2. The average Bonchev–Trinajstić information content (AvgIpc) is 2.52. The number of hydrogen-bond donors (Lipinski definition) is 1. The molecule has 0 aliphatic rings. The van der Waals surface area contributed by atoms with Gasteiger partial charge in [-0.15, -0.1) is 0 Å². The molecule has 1 aromatic carbocycles. The van der Waals surface area contributed by atoms with E-state index in [0.717, 1.165) is 12.7 Å². The summed E-state index contributed by atoms with van der Waals surface area (Å²) in [6, 6.07) is 6.64. The zero-order chi connectivity index (χ0) is 18.3. The molecule has 0 aromatic heterocycles. The van der Waals surface area contributed by atoms with E-state index in [4.69, 9.17) is 10.5 Å². The van der Waals surface area contributed by atoms with Crippen LogP contribution in [0, 0.1) is 6.92 Å². The molecule has 0 saturated carbocycles. The SMILES string of the molecule is CCOC(=O)C(C(N)=O)=C(OC)C(=O)CC(=O)c1ccc(C)cc1. The van der Waals surface area contributed by atoms with E-state index in [1.807, 2.05) is 6.92 Å². The molecule has 0 bridgehead atoms. The lowest BCUT2D eigenvalue weighted by molar-refractivity contribution is -0.140. The van der Waals surface area contributed by atoms with Gasteiger partial charge in [-0.25, -0.2) is 4.79 Å². The fraction of sp³-hybridized carbons (Fsp3) is 0.294. The van der Waals surface area contributed by atoms with Crippen molar-refractivity contribution in [1.29, 1.82) is 0 Å². The number of primary amides is 1. The summed E-state index contributed by atoms with van der Waals surface area (Å²) < 4.78 is 9.52. The zero-order valence-corrected chi connectivity index (χ0v) is 13.8. The number of nitrogens with two attached hydrogens (primary N) is 1. The van der Waals surface area contributed by atoms with Crippen LogP contribution in [-0.4, -0.2) is 37.2 Å². The minimum absolute atomic E-state index is 0.0108. The second-order valence-corrected chi connectivity index (χ2v) is 4.88. The van der Waals surface area contributed by atoms with E-state index in [-0.39, 0.29) is 6.61 Å². The number of allylic oxidation sites excluding steroid dienone is 1. The molecule has 24 heavy (non-hydrogen) atoms. The molecule has 0 heterocycles. The fourth-order valence-electron chi connectivity index (χ4n) is 1.93. The van der Waals surface area contributed by atoms with Gasteiger partial charge in [-0.05, 0) is 13.8 Å². The quantitative estimate of drug-likeness (QED) is 0.190. The first-order valence-corrected chi connectivity index (χ1v) is 7.20. The smallest absolute Gasteiger partial charge is 0.347 e. The molecule has 0 radical (unpaired) electrons. The molecule has 0 atom stereocenters. The molecule has 1 amide bonds. The highest BCUT2D eigenvalue weighted by molar-refractivity contribution is 6.23. The van der Waals surface area contributed by atoms with Gasteiger partial charge in [0, 0.05) is 5.56 Å². The van der Waals surface area contributed by atoms with E-state index in [9.17, 15) is 19.2 Å². The van der Waals surface area contributed by atoms with Crippen molar-refractivity contribution in [3.05, 3.63) is 46.7 Å². The first kappa shape index (κ1) is 19.1. The highest BCUT2D eigenvalue weighted by Crippen LogP contribution is 2.14. The Morgan fingerprint density at radius 2 is 1.67 bits per heavy atom. The Balaban J connectivity index is 3.09.